The van der Waals surface area contributed by atoms with E-state index in [2.05, 4.69) is 13.5 Å². The van der Waals surface area contributed by atoms with E-state index >= 15 is 0 Å². The molecule has 0 aliphatic heterocycles. The SMILES string of the molecule is CCCC[SiH](C)[SiH3]. The second-order valence-electron chi connectivity index (χ2n) is 2.54. The first-order valence-corrected chi connectivity index (χ1v) is 9.86. The van der Waals surface area contributed by atoms with Gasteiger partial charge in [-0.3, -0.25) is 0 Å². The maximum absolute atomic E-state index is 2.47. The van der Waals surface area contributed by atoms with Gasteiger partial charge in [-0.25, -0.2) is 0 Å². The molecule has 1 atom stereocenters. The molecule has 0 aromatic rings. The summed E-state index contributed by atoms with van der Waals surface area (Å²) in [7, 11) is 1.47. The molecule has 0 fully saturated rings. The Hall–Kier alpha value is 0.434. The first-order valence-electron chi connectivity index (χ1n) is 3.27. The fraction of sp³-hybridized carbons (Fsp3) is 1.00. The predicted molar refractivity (Wildman–Crippen MR) is 42.7 cm³/mol. The smallest absolute Gasteiger partial charge is 0.0171 e. The van der Waals surface area contributed by atoms with Crippen LogP contribution in [0.15, 0.2) is 0 Å². The van der Waals surface area contributed by atoms with Crippen molar-refractivity contribution < 1.29 is 0 Å². The summed E-state index contributed by atoms with van der Waals surface area (Å²) >= 11 is 0. The fourth-order valence-corrected chi connectivity index (χ4v) is 3.06. The molecule has 0 rings (SSSR count). The summed E-state index contributed by atoms with van der Waals surface area (Å²) in [5.41, 5.74) is 0. The van der Waals surface area contributed by atoms with E-state index in [9.17, 15) is 0 Å². The standard InChI is InChI=1S/C5H16Si2/c1-3-4-5-7(2)6/h7H,3-5H2,1-2,6H3. The van der Waals surface area contributed by atoms with Crippen LogP contribution in [0.1, 0.15) is 19.8 Å². The monoisotopic (exact) mass is 132 g/mol. The predicted octanol–water partition coefficient (Wildman–Crippen LogP) is 0.505. The van der Waals surface area contributed by atoms with E-state index < -0.39 is 0 Å². The van der Waals surface area contributed by atoms with Gasteiger partial charge < -0.3 is 0 Å². The lowest BCUT2D eigenvalue weighted by molar-refractivity contribution is 0.878. The van der Waals surface area contributed by atoms with Gasteiger partial charge in [0.15, 0.2) is 0 Å². The normalized spacial score (nSPS) is 14.6. The van der Waals surface area contributed by atoms with E-state index in [-0.39, 0.29) is 8.31 Å². The zero-order chi connectivity index (χ0) is 5.70. The highest BCUT2D eigenvalue weighted by molar-refractivity contribution is 7.02. The lowest BCUT2D eigenvalue weighted by Crippen LogP contribution is -2.04. The van der Waals surface area contributed by atoms with Crippen molar-refractivity contribution in [3.05, 3.63) is 0 Å². The van der Waals surface area contributed by atoms with Crippen molar-refractivity contribution in [1.82, 2.24) is 0 Å². The molecule has 0 bridgehead atoms. The third-order valence-electron chi connectivity index (χ3n) is 1.14. The minimum absolute atomic E-state index is 0.0493. The quantitative estimate of drug-likeness (QED) is 0.491. The van der Waals surface area contributed by atoms with E-state index in [0.29, 0.717) is 0 Å². The molecule has 0 spiro atoms. The van der Waals surface area contributed by atoms with Gasteiger partial charge >= 0.3 is 0 Å². The molecule has 0 nitrogen and oxygen atoms in total. The number of unbranched alkanes of at least 4 members (excludes halogenated alkanes) is 1. The van der Waals surface area contributed by atoms with Crippen LogP contribution in [0.4, 0.5) is 0 Å². The molecule has 0 aromatic heterocycles. The molecule has 0 heterocycles. The lowest BCUT2D eigenvalue weighted by atomic mass is 10.4. The molecule has 0 amide bonds. The van der Waals surface area contributed by atoms with Crippen molar-refractivity contribution in [2.45, 2.75) is 32.4 Å². The summed E-state index contributed by atoms with van der Waals surface area (Å²) in [5.74, 6) is 0. The average Bonchev–Trinajstić information content (AvgIpc) is 1.61. The first-order chi connectivity index (χ1) is 3.27. The van der Waals surface area contributed by atoms with Gasteiger partial charge in [-0.1, -0.05) is 32.4 Å². The molecular weight excluding hydrogens is 116 g/mol. The summed E-state index contributed by atoms with van der Waals surface area (Å²) in [6.07, 6.45) is 2.90. The van der Waals surface area contributed by atoms with E-state index in [4.69, 9.17) is 0 Å². The van der Waals surface area contributed by atoms with Crippen LogP contribution >= 0.6 is 0 Å². The van der Waals surface area contributed by atoms with Gasteiger partial charge in [-0.15, -0.1) is 0 Å². The Morgan fingerprint density at radius 2 is 2.14 bits per heavy atom. The molecule has 0 N–H and O–H groups in total. The van der Waals surface area contributed by atoms with Crippen LogP contribution in [0.2, 0.25) is 12.6 Å². The fourth-order valence-electron chi connectivity index (χ4n) is 0.612. The van der Waals surface area contributed by atoms with E-state index in [0.717, 1.165) is 0 Å². The van der Waals surface area contributed by atoms with Crippen LogP contribution in [-0.2, 0) is 0 Å². The highest BCUT2D eigenvalue weighted by Crippen LogP contribution is 1.96. The molecule has 0 radical (unpaired) electrons. The van der Waals surface area contributed by atoms with Crippen LogP contribution in [0.3, 0.4) is 0 Å². The van der Waals surface area contributed by atoms with Crippen LogP contribution in [-0.4, -0.2) is 18.1 Å². The summed E-state index contributed by atoms with van der Waals surface area (Å²) in [6, 6.07) is 1.60. The second kappa shape index (κ2) is 4.59. The second-order valence-corrected chi connectivity index (χ2v) is 11.8. The zero-order valence-corrected chi connectivity index (χ0v) is 8.85. The van der Waals surface area contributed by atoms with Crippen molar-refractivity contribution in [2.24, 2.45) is 0 Å². The highest BCUT2D eigenvalue weighted by atomic mass is 29.1. The Labute approximate surface area is 51.1 Å². The Morgan fingerprint density at radius 3 is 2.29 bits per heavy atom. The van der Waals surface area contributed by atoms with Gasteiger partial charge in [0.05, 0.1) is 0 Å². The van der Waals surface area contributed by atoms with Gasteiger partial charge in [0.2, 0.25) is 0 Å². The number of hydrogen-bond donors (Lipinski definition) is 0. The van der Waals surface area contributed by atoms with Gasteiger partial charge in [0, 0.05) is 8.31 Å². The lowest BCUT2D eigenvalue weighted by Gasteiger charge is -1.96. The van der Waals surface area contributed by atoms with Crippen molar-refractivity contribution in [3.8, 4) is 0 Å². The Kier molecular flexibility index (Phi) is 4.87. The molecule has 2 heteroatoms. The van der Waals surface area contributed by atoms with E-state index in [1.807, 2.05) is 0 Å². The Bertz CT molecular complexity index is 35.1. The number of hydrogen-bond acceptors (Lipinski definition) is 0. The van der Waals surface area contributed by atoms with Crippen molar-refractivity contribution in [3.63, 3.8) is 0 Å². The van der Waals surface area contributed by atoms with Crippen molar-refractivity contribution >= 4 is 18.1 Å². The largest absolute Gasteiger partial charge is 0.0746 e. The molecule has 7 heavy (non-hydrogen) atoms. The molecule has 0 aliphatic rings. The minimum atomic E-state index is -0.0493. The van der Waals surface area contributed by atoms with Crippen LogP contribution in [0.5, 0.6) is 0 Å². The summed E-state index contributed by atoms with van der Waals surface area (Å²) in [6.45, 7) is 4.75. The molecular formula is C5H16Si2. The topological polar surface area (TPSA) is 0 Å². The molecule has 44 valence electrons. The maximum atomic E-state index is 2.47. The average molecular weight is 132 g/mol. The molecule has 1 unspecified atom stereocenters. The first kappa shape index (κ1) is 7.43. The van der Waals surface area contributed by atoms with Crippen molar-refractivity contribution in [2.75, 3.05) is 0 Å². The Morgan fingerprint density at radius 1 is 1.57 bits per heavy atom. The third kappa shape index (κ3) is 6.43. The van der Waals surface area contributed by atoms with Crippen LogP contribution in [0, 0.1) is 0 Å². The molecule has 0 saturated heterocycles. The third-order valence-corrected chi connectivity index (χ3v) is 4.43. The summed E-state index contributed by atoms with van der Waals surface area (Å²) < 4.78 is 0. The Balaban J connectivity index is 2.68. The van der Waals surface area contributed by atoms with Gasteiger partial charge in [0.25, 0.3) is 0 Å². The molecule has 0 aliphatic carbocycles. The van der Waals surface area contributed by atoms with E-state index in [1.165, 1.54) is 22.6 Å². The van der Waals surface area contributed by atoms with Crippen molar-refractivity contribution in [1.29, 1.82) is 0 Å². The van der Waals surface area contributed by atoms with Gasteiger partial charge in [0.1, 0.15) is 0 Å². The summed E-state index contributed by atoms with van der Waals surface area (Å²) in [5, 5.41) is 0. The minimum Gasteiger partial charge on any atom is -0.0746 e. The van der Waals surface area contributed by atoms with Gasteiger partial charge in [-0.2, -0.15) is 0 Å². The summed E-state index contributed by atoms with van der Waals surface area (Å²) in [4.78, 5) is 0. The van der Waals surface area contributed by atoms with E-state index in [1.54, 1.807) is 6.04 Å². The van der Waals surface area contributed by atoms with Crippen LogP contribution < -0.4 is 0 Å². The molecule has 0 aromatic carbocycles. The highest BCUT2D eigenvalue weighted by Gasteiger charge is 1.90. The maximum Gasteiger partial charge on any atom is 0.0171 e. The zero-order valence-electron chi connectivity index (χ0n) is 5.70. The number of rotatable bonds is 3. The van der Waals surface area contributed by atoms with Gasteiger partial charge in [-0.05, 0) is 9.76 Å². The molecule has 0 saturated carbocycles. The van der Waals surface area contributed by atoms with Crippen LogP contribution in [0.25, 0.3) is 0 Å².